The summed E-state index contributed by atoms with van der Waals surface area (Å²) in [7, 11) is 1.77. The fraction of sp³-hybridized carbons (Fsp3) is 0.150. The minimum atomic E-state index is -0.501. The minimum absolute atomic E-state index is 0.0663. The number of aryl methyl sites for hydroxylation is 1. The minimum Gasteiger partial charge on any atom is -0.345 e. The third kappa shape index (κ3) is 4.95. The van der Waals surface area contributed by atoms with E-state index in [1.165, 1.54) is 0 Å². The molecule has 1 aromatic heterocycles. The number of nitrogens with zero attached hydrogens (tertiary/aromatic N) is 2. The zero-order chi connectivity index (χ0) is 19.2. The van der Waals surface area contributed by atoms with E-state index in [4.69, 9.17) is 11.6 Å². The van der Waals surface area contributed by atoms with Crippen LogP contribution in [0.4, 0.5) is 5.82 Å². The first-order valence-electron chi connectivity index (χ1n) is 8.43. The molecular weight excluding hydrogens is 364 g/mol. The summed E-state index contributed by atoms with van der Waals surface area (Å²) in [6, 6.07) is 17.3. The van der Waals surface area contributed by atoms with Crippen LogP contribution in [0.5, 0.6) is 0 Å². The normalized spacial score (nSPS) is 11.6. The highest BCUT2D eigenvalue weighted by Crippen LogP contribution is 2.21. The van der Waals surface area contributed by atoms with Crippen molar-refractivity contribution in [3.8, 4) is 0 Å². The Labute approximate surface area is 162 Å². The number of anilines is 1. The molecule has 3 rings (SSSR count). The molecule has 6 nitrogen and oxygen atoms in total. The monoisotopic (exact) mass is 382 g/mol. The highest BCUT2D eigenvalue weighted by atomic mass is 35.5. The number of carbonyl (C=O) groups excluding carboxylic acids is 2. The Morgan fingerprint density at radius 2 is 1.78 bits per heavy atom. The van der Waals surface area contributed by atoms with Crippen LogP contribution in [0.3, 0.4) is 0 Å². The maximum atomic E-state index is 12.6. The predicted molar refractivity (Wildman–Crippen MR) is 105 cm³/mol. The van der Waals surface area contributed by atoms with Crippen molar-refractivity contribution in [2.75, 3.05) is 5.32 Å². The summed E-state index contributed by atoms with van der Waals surface area (Å²) in [5.41, 5.74) is 1.19. The quantitative estimate of drug-likeness (QED) is 0.684. The molecule has 3 aromatic rings. The van der Waals surface area contributed by atoms with Crippen molar-refractivity contribution in [2.45, 2.75) is 12.5 Å². The number of hydrogen-bond acceptors (Lipinski definition) is 3. The Hall–Kier alpha value is -3.12. The van der Waals surface area contributed by atoms with E-state index in [1.54, 1.807) is 48.3 Å². The second-order valence-electron chi connectivity index (χ2n) is 6.04. The van der Waals surface area contributed by atoms with Crippen LogP contribution in [0.25, 0.3) is 0 Å². The smallest absolute Gasteiger partial charge is 0.253 e. The number of carbonyl (C=O) groups is 2. The Balaban J connectivity index is 1.76. The molecule has 0 aliphatic carbocycles. The molecule has 2 N–H and O–H groups in total. The number of aromatic nitrogens is 2. The van der Waals surface area contributed by atoms with Crippen molar-refractivity contribution in [3.05, 3.63) is 83.0 Å². The van der Waals surface area contributed by atoms with Gasteiger partial charge in [0, 0.05) is 19.3 Å². The molecular formula is C20H19ClN4O2. The predicted octanol–water partition coefficient (Wildman–Crippen LogP) is 3.57. The molecule has 0 bridgehead atoms. The van der Waals surface area contributed by atoms with Crippen molar-refractivity contribution in [3.63, 3.8) is 0 Å². The number of nitrogens with one attached hydrogen (secondary N) is 2. The van der Waals surface area contributed by atoms with E-state index in [2.05, 4.69) is 15.7 Å². The van der Waals surface area contributed by atoms with Gasteiger partial charge in [0.15, 0.2) is 5.82 Å². The second-order valence-corrected chi connectivity index (χ2v) is 6.45. The van der Waals surface area contributed by atoms with Crippen LogP contribution in [-0.2, 0) is 11.8 Å². The first-order chi connectivity index (χ1) is 13.0. The number of amides is 2. The average Bonchev–Trinajstić information content (AvgIpc) is 3.06. The zero-order valence-corrected chi connectivity index (χ0v) is 15.5. The van der Waals surface area contributed by atoms with E-state index in [0.717, 1.165) is 5.56 Å². The number of hydrogen-bond donors (Lipinski definition) is 2. The first kappa shape index (κ1) is 18.7. The van der Waals surface area contributed by atoms with Crippen molar-refractivity contribution in [1.82, 2.24) is 15.1 Å². The molecule has 0 saturated carbocycles. The third-order valence-corrected chi connectivity index (χ3v) is 4.33. The maximum Gasteiger partial charge on any atom is 0.253 e. The molecule has 0 fully saturated rings. The molecule has 0 aliphatic rings. The molecule has 2 aromatic carbocycles. The van der Waals surface area contributed by atoms with Crippen LogP contribution < -0.4 is 10.6 Å². The van der Waals surface area contributed by atoms with Gasteiger partial charge in [-0.15, -0.1) is 0 Å². The fourth-order valence-corrected chi connectivity index (χ4v) is 2.90. The second kappa shape index (κ2) is 8.51. The lowest BCUT2D eigenvalue weighted by molar-refractivity contribution is -0.116. The SMILES string of the molecule is Cn1ccc(NC(=O)CC(NC(=O)c2ccccc2Cl)c2ccccc2)n1. The number of halogens is 1. The van der Waals surface area contributed by atoms with Crippen LogP contribution in [0.15, 0.2) is 66.9 Å². The summed E-state index contributed by atoms with van der Waals surface area (Å²) in [5.74, 6) is -0.117. The summed E-state index contributed by atoms with van der Waals surface area (Å²) >= 11 is 6.11. The van der Waals surface area contributed by atoms with Crippen LogP contribution in [-0.4, -0.2) is 21.6 Å². The standard InChI is InChI=1S/C20H19ClN4O2/c1-25-12-11-18(24-25)23-19(26)13-17(14-7-3-2-4-8-14)22-20(27)15-9-5-6-10-16(15)21/h2-12,17H,13H2,1H3,(H,22,27)(H,23,24,26). The van der Waals surface area contributed by atoms with Crippen molar-refractivity contribution in [1.29, 1.82) is 0 Å². The van der Waals surface area contributed by atoms with Crippen LogP contribution in [0.2, 0.25) is 5.02 Å². The summed E-state index contributed by atoms with van der Waals surface area (Å²) in [4.78, 5) is 25.1. The zero-order valence-electron chi connectivity index (χ0n) is 14.7. The van der Waals surface area contributed by atoms with Crippen LogP contribution in [0, 0.1) is 0 Å². The van der Waals surface area contributed by atoms with Gasteiger partial charge in [-0.05, 0) is 17.7 Å². The number of benzene rings is 2. The molecule has 1 heterocycles. The van der Waals surface area contributed by atoms with Gasteiger partial charge in [0.05, 0.1) is 23.0 Å². The molecule has 2 amide bonds. The summed E-state index contributed by atoms with van der Waals surface area (Å²) in [5, 5.41) is 10.1. The topological polar surface area (TPSA) is 76.0 Å². The highest BCUT2D eigenvalue weighted by molar-refractivity contribution is 6.33. The Kier molecular flexibility index (Phi) is 5.88. The van der Waals surface area contributed by atoms with Gasteiger partial charge in [0.1, 0.15) is 0 Å². The summed E-state index contributed by atoms with van der Waals surface area (Å²) in [6.07, 6.45) is 1.81. The van der Waals surface area contributed by atoms with Gasteiger partial charge in [-0.25, -0.2) is 0 Å². The fourth-order valence-electron chi connectivity index (χ4n) is 2.68. The van der Waals surface area contributed by atoms with E-state index in [0.29, 0.717) is 16.4 Å². The molecule has 138 valence electrons. The van der Waals surface area contributed by atoms with E-state index in [-0.39, 0.29) is 18.2 Å². The lowest BCUT2D eigenvalue weighted by Crippen LogP contribution is -2.31. The van der Waals surface area contributed by atoms with E-state index in [1.807, 2.05) is 30.3 Å². The summed E-state index contributed by atoms with van der Waals surface area (Å²) < 4.78 is 1.60. The lowest BCUT2D eigenvalue weighted by Gasteiger charge is -2.19. The molecule has 0 spiro atoms. The molecule has 1 atom stereocenters. The molecule has 27 heavy (non-hydrogen) atoms. The van der Waals surface area contributed by atoms with Gasteiger partial charge >= 0.3 is 0 Å². The molecule has 7 heteroatoms. The molecule has 0 radical (unpaired) electrons. The van der Waals surface area contributed by atoms with Crippen molar-refractivity contribution < 1.29 is 9.59 Å². The van der Waals surface area contributed by atoms with Gasteiger partial charge in [-0.2, -0.15) is 5.10 Å². The Bertz CT molecular complexity index is 940. The lowest BCUT2D eigenvalue weighted by atomic mass is 10.0. The highest BCUT2D eigenvalue weighted by Gasteiger charge is 2.20. The Morgan fingerprint density at radius 1 is 1.07 bits per heavy atom. The Morgan fingerprint density at radius 3 is 2.44 bits per heavy atom. The van der Waals surface area contributed by atoms with Crippen LogP contribution in [0.1, 0.15) is 28.4 Å². The third-order valence-electron chi connectivity index (χ3n) is 4.00. The molecule has 1 unspecified atom stereocenters. The summed E-state index contributed by atoms with van der Waals surface area (Å²) in [6.45, 7) is 0. The van der Waals surface area contributed by atoms with E-state index < -0.39 is 6.04 Å². The number of rotatable bonds is 6. The molecule has 0 saturated heterocycles. The van der Waals surface area contributed by atoms with E-state index >= 15 is 0 Å². The molecule has 0 aliphatic heterocycles. The largest absolute Gasteiger partial charge is 0.345 e. The van der Waals surface area contributed by atoms with Crippen molar-refractivity contribution >= 4 is 29.2 Å². The average molecular weight is 383 g/mol. The van der Waals surface area contributed by atoms with E-state index in [9.17, 15) is 9.59 Å². The van der Waals surface area contributed by atoms with Gasteiger partial charge in [0.2, 0.25) is 5.91 Å². The van der Waals surface area contributed by atoms with Crippen LogP contribution >= 0.6 is 11.6 Å². The maximum absolute atomic E-state index is 12.6. The van der Waals surface area contributed by atoms with Gasteiger partial charge in [0.25, 0.3) is 5.91 Å². The first-order valence-corrected chi connectivity index (χ1v) is 8.80. The van der Waals surface area contributed by atoms with Gasteiger partial charge < -0.3 is 10.6 Å². The van der Waals surface area contributed by atoms with Gasteiger partial charge in [-0.3, -0.25) is 14.3 Å². The van der Waals surface area contributed by atoms with Gasteiger partial charge in [-0.1, -0.05) is 54.1 Å². The van der Waals surface area contributed by atoms with Crippen molar-refractivity contribution in [2.24, 2.45) is 7.05 Å².